The molecule has 0 aromatic heterocycles. The monoisotopic (exact) mass is 260 g/mol. The Morgan fingerprint density at radius 1 is 1.00 bits per heavy atom. The van der Waals surface area contributed by atoms with Crippen molar-refractivity contribution in [1.29, 1.82) is 0 Å². The van der Waals surface area contributed by atoms with Crippen LogP contribution in [0.3, 0.4) is 0 Å². The molecule has 14 heavy (non-hydrogen) atoms. The number of hydrogen-bond donors (Lipinski definition) is 1. The lowest BCUT2D eigenvalue weighted by Crippen LogP contribution is -1.97. The maximum absolute atomic E-state index is 9.74. The van der Waals surface area contributed by atoms with Gasteiger partial charge in [-0.1, -0.05) is 0 Å². The Balaban J connectivity index is 3.57. The first-order chi connectivity index (χ1) is 6.54. The topological polar surface area (TPSA) is 38.7 Å². The molecule has 3 nitrogen and oxygen atoms in total. The predicted molar refractivity (Wildman–Crippen MR) is 58.4 cm³/mol. The summed E-state index contributed by atoms with van der Waals surface area (Å²) in [6.45, 7) is 3.63. The summed E-state index contributed by atoms with van der Waals surface area (Å²) in [6.07, 6.45) is 0. The molecule has 78 valence electrons. The van der Waals surface area contributed by atoms with Crippen LogP contribution in [-0.4, -0.2) is 19.3 Å². The van der Waals surface area contributed by atoms with Gasteiger partial charge in [-0.2, -0.15) is 0 Å². The highest BCUT2D eigenvalue weighted by Crippen LogP contribution is 2.45. The molecule has 0 saturated heterocycles. The van der Waals surface area contributed by atoms with Gasteiger partial charge in [-0.15, -0.1) is 0 Å². The van der Waals surface area contributed by atoms with Gasteiger partial charge in [0.05, 0.1) is 18.7 Å². The highest BCUT2D eigenvalue weighted by molar-refractivity contribution is 9.10. The van der Waals surface area contributed by atoms with Gasteiger partial charge >= 0.3 is 0 Å². The molecular formula is C10H13BrO3. The van der Waals surface area contributed by atoms with Crippen LogP contribution in [0, 0.1) is 13.8 Å². The van der Waals surface area contributed by atoms with E-state index in [9.17, 15) is 5.11 Å². The van der Waals surface area contributed by atoms with Crippen molar-refractivity contribution in [2.24, 2.45) is 0 Å². The molecule has 0 amide bonds. The molecule has 4 heteroatoms. The SMILES string of the molecule is COc1c(C)c(O)c(Br)c(C)c1OC. The summed E-state index contributed by atoms with van der Waals surface area (Å²) in [7, 11) is 3.13. The summed E-state index contributed by atoms with van der Waals surface area (Å²) in [4.78, 5) is 0. The van der Waals surface area contributed by atoms with Crippen molar-refractivity contribution in [3.8, 4) is 17.2 Å². The minimum atomic E-state index is 0.195. The zero-order valence-electron chi connectivity index (χ0n) is 8.64. The summed E-state index contributed by atoms with van der Waals surface area (Å²) in [5, 5.41) is 9.74. The largest absolute Gasteiger partial charge is 0.506 e. The first kappa shape index (κ1) is 11.2. The van der Waals surface area contributed by atoms with Crippen molar-refractivity contribution in [1.82, 2.24) is 0 Å². The Morgan fingerprint density at radius 2 is 1.43 bits per heavy atom. The summed E-state index contributed by atoms with van der Waals surface area (Å²) < 4.78 is 11.0. The van der Waals surface area contributed by atoms with Gasteiger partial charge in [0.1, 0.15) is 5.75 Å². The van der Waals surface area contributed by atoms with Crippen LogP contribution in [0.1, 0.15) is 11.1 Å². The van der Waals surface area contributed by atoms with E-state index in [1.165, 1.54) is 0 Å². The lowest BCUT2D eigenvalue weighted by molar-refractivity contribution is 0.345. The van der Waals surface area contributed by atoms with Crippen molar-refractivity contribution < 1.29 is 14.6 Å². The minimum absolute atomic E-state index is 0.195. The Kier molecular flexibility index (Phi) is 3.26. The Bertz CT molecular complexity index is 326. The molecule has 0 aliphatic carbocycles. The van der Waals surface area contributed by atoms with Crippen LogP contribution in [0.15, 0.2) is 4.47 Å². The summed E-state index contributed by atoms with van der Waals surface area (Å²) in [6, 6.07) is 0. The fourth-order valence-electron chi connectivity index (χ4n) is 1.38. The number of hydrogen-bond acceptors (Lipinski definition) is 3. The first-order valence-electron chi connectivity index (χ1n) is 4.14. The zero-order valence-corrected chi connectivity index (χ0v) is 10.2. The molecule has 0 aliphatic heterocycles. The molecule has 0 spiro atoms. The van der Waals surface area contributed by atoms with Crippen LogP contribution in [0.25, 0.3) is 0 Å². The highest BCUT2D eigenvalue weighted by Gasteiger charge is 2.18. The van der Waals surface area contributed by atoms with Gasteiger partial charge in [0.2, 0.25) is 0 Å². The van der Waals surface area contributed by atoms with Crippen molar-refractivity contribution in [3.63, 3.8) is 0 Å². The normalized spacial score (nSPS) is 10.1. The molecule has 1 aromatic rings. The van der Waals surface area contributed by atoms with E-state index in [0.29, 0.717) is 21.5 Å². The fourth-order valence-corrected chi connectivity index (χ4v) is 1.86. The van der Waals surface area contributed by atoms with E-state index < -0.39 is 0 Å². The molecule has 0 aliphatic rings. The molecule has 0 saturated carbocycles. The van der Waals surface area contributed by atoms with Crippen LogP contribution in [0.2, 0.25) is 0 Å². The highest BCUT2D eigenvalue weighted by atomic mass is 79.9. The number of ether oxygens (including phenoxy) is 2. The van der Waals surface area contributed by atoms with Crippen molar-refractivity contribution in [2.75, 3.05) is 14.2 Å². The molecule has 0 fully saturated rings. The van der Waals surface area contributed by atoms with E-state index in [4.69, 9.17) is 9.47 Å². The van der Waals surface area contributed by atoms with Crippen molar-refractivity contribution in [3.05, 3.63) is 15.6 Å². The van der Waals surface area contributed by atoms with Crippen molar-refractivity contribution in [2.45, 2.75) is 13.8 Å². The smallest absolute Gasteiger partial charge is 0.167 e. The van der Waals surface area contributed by atoms with Crippen LogP contribution in [0.4, 0.5) is 0 Å². The van der Waals surface area contributed by atoms with Gasteiger partial charge in [0.25, 0.3) is 0 Å². The quantitative estimate of drug-likeness (QED) is 0.889. The van der Waals surface area contributed by atoms with Gasteiger partial charge < -0.3 is 14.6 Å². The van der Waals surface area contributed by atoms with E-state index in [1.54, 1.807) is 21.1 Å². The first-order valence-corrected chi connectivity index (χ1v) is 4.93. The van der Waals surface area contributed by atoms with Crippen LogP contribution >= 0.6 is 15.9 Å². The lowest BCUT2D eigenvalue weighted by Gasteiger charge is -2.16. The number of rotatable bonds is 2. The second kappa shape index (κ2) is 4.09. The molecule has 0 radical (unpaired) electrons. The molecule has 1 aromatic carbocycles. The Morgan fingerprint density at radius 3 is 1.86 bits per heavy atom. The summed E-state index contributed by atoms with van der Waals surface area (Å²) in [5.41, 5.74) is 1.49. The van der Waals surface area contributed by atoms with E-state index in [-0.39, 0.29) is 5.75 Å². The fraction of sp³-hybridized carbons (Fsp3) is 0.400. The Hall–Kier alpha value is -0.900. The van der Waals surface area contributed by atoms with Crippen molar-refractivity contribution >= 4 is 15.9 Å². The Labute approximate surface area is 91.8 Å². The van der Waals surface area contributed by atoms with Crippen LogP contribution < -0.4 is 9.47 Å². The van der Waals surface area contributed by atoms with Crippen LogP contribution in [-0.2, 0) is 0 Å². The number of methoxy groups -OCH3 is 2. The van der Waals surface area contributed by atoms with E-state index >= 15 is 0 Å². The molecule has 1 rings (SSSR count). The molecular weight excluding hydrogens is 248 g/mol. The van der Waals surface area contributed by atoms with E-state index in [2.05, 4.69) is 15.9 Å². The third-order valence-corrected chi connectivity index (χ3v) is 3.16. The number of benzene rings is 1. The van der Waals surface area contributed by atoms with Crippen LogP contribution in [0.5, 0.6) is 17.2 Å². The second-order valence-corrected chi connectivity index (χ2v) is 3.77. The predicted octanol–water partition coefficient (Wildman–Crippen LogP) is 2.79. The number of halogens is 1. The molecule has 1 N–H and O–H groups in total. The minimum Gasteiger partial charge on any atom is -0.506 e. The van der Waals surface area contributed by atoms with Gasteiger partial charge in [0.15, 0.2) is 11.5 Å². The molecule has 0 atom stereocenters. The average Bonchev–Trinajstić information content (AvgIpc) is 2.20. The molecule has 0 unspecified atom stereocenters. The van der Waals surface area contributed by atoms with E-state index in [0.717, 1.165) is 5.56 Å². The third kappa shape index (κ3) is 1.54. The summed E-state index contributed by atoms with van der Waals surface area (Å²) in [5.74, 6) is 1.42. The molecule has 0 bridgehead atoms. The maximum atomic E-state index is 9.74. The van der Waals surface area contributed by atoms with E-state index in [1.807, 2.05) is 6.92 Å². The lowest BCUT2D eigenvalue weighted by atomic mass is 10.1. The van der Waals surface area contributed by atoms with Gasteiger partial charge in [0, 0.05) is 11.1 Å². The van der Waals surface area contributed by atoms with Gasteiger partial charge in [-0.3, -0.25) is 0 Å². The standard InChI is InChI=1S/C10H13BrO3/c1-5-7(11)8(12)6(2)10(14-4)9(5)13-3/h12H,1-4H3. The number of aromatic hydroxyl groups is 1. The third-order valence-electron chi connectivity index (χ3n) is 2.19. The number of phenolic OH excluding ortho intramolecular Hbond substituents is 1. The second-order valence-electron chi connectivity index (χ2n) is 2.98. The van der Waals surface area contributed by atoms with Gasteiger partial charge in [-0.05, 0) is 29.8 Å². The van der Waals surface area contributed by atoms with Gasteiger partial charge in [-0.25, -0.2) is 0 Å². The number of phenols is 1. The average molecular weight is 261 g/mol. The zero-order chi connectivity index (χ0) is 10.9. The molecule has 0 heterocycles. The summed E-state index contributed by atoms with van der Waals surface area (Å²) >= 11 is 3.30. The maximum Gasteiger partial charge on any atom is 0.167 e.